The van der Waals surface area contributed by atoms with Crippen molar-refractivity contribution in [2.45, 2.75) is 38.3 Å². The van der Waals surface area contributed by atoms with Crippen molar-refractivity contribution in [3.05, 3.63) is 29.6 Å². The van der Waals surface area contributed by atoms with Crippen LogP contribution in [0.3, 0.4) is 0 Å². The maximum Gasteiger partial charge on any atom is 0.416 e. The third-order valence-electron chi connectivity index (χ3n) is 3.64. The number of hydrogen-bond donors (Lipinski definition) is 1. The number of alkyl halides is 3. The van der Waals surface area contributed by atoms with Crippen molar-refractivity contribution >= 4 is 5.69 Å². The second-order valence-corrected chi connectivity index (χ2v) is 5.06. The minimum Gasteiger partial charge on any atom is -0.383 e. The smallest absolute Gasteiger partial charge is 0.383 e. The maximum atomic E-state index is 13.5. The van der Waals surface area contributed by atoms with Crippen LogP contribution in [0.2, 0.25) is 0 Å². The van der Waals surface area contributed by atoms with Gasteiger partial charge in [-0.2, -0.15) is 13.2 Å². The molecule has 0 unspecified atom stereocenters. The van der Waals surface area contributed by atoms with E-state index in [1.54, 1.807) is 0 Å². The van der Waals surface area contributed by atoms with Crippen LogP contribution in [0.1, 0.15) is 37.7 Å². The monoisotopic (exact) mass is 275 g/mol. The van der Waals surface area contributed by atoms with Crippen molar-refractivity contribution in [1.29, 1.82) is 0 Å². The van der Waals surface area contributed by atoms with E-state index in [0.29, 0.717) is 18.5 Å². The largest absolute Gasteiger partial charge is 0.416 e. The first-order valence-electron chi connectivity index (χ1n) is 6.57. The van der Waals surface area contributed by atoms with Crippen molar-refractivity contribution in [3.8, 4) is 0 Å². The van der Waals surface area contributed by atoms with Gasteiger partial charge in [0.15, 0.2) is 0 Å². The number of hydrogen-bond acceptors (Lipinski definition) is 1. The fraction of sp³-hybridized carbons (Fsp3) is 0.571. The molecule has 0 aromatic heterocycles. The summed E-state index contributed by atoms with van der Waals surface area (Å²) in [4.78, 5) is 0. The lowest BCUT2D eigenvalue weighted by Gasteiger charge is -2.13. The van der Waals surface area contributed by atoms with Crippen molar-refractivity contribution in [2.75, 3.05) is 11.9 Å². The highest BCUT2D eigenvalue weighted by molar-refractivity contribution is 5.46. The summed E-state index contributed by atoms with van der Waals surface area (Å²) in [5.74, 6) is -0.175. The van der Waals surface area contributed by atoms with Gasteiger partial charge in [-0.25, -0.2) is 4.39 Å². The SMILES string of the molecule is Fc1cc(C(F)(F)F)ccc1NCCC1CCCC1. The van der Waals surface area contributed by atoms with E-state index in [2.05, 4.69) is 5.32 Å². The average Bonchev–Trinajstić information content (AvgIpc) is 2.83. The van der Waals surface area contributed by atoms with Crippen LogP contribution in [0.5, 0.6) is 0 Å². The van der Waals surface area contributed by atoms with Gasteiger partial charge in [0, 0.05) is 6.54 Å². The molecule has 0 radical (unpaired) electrons. The van der Waals surface area contributed by atoms with Gasteiger partial charge in [0.25, 0.3) is 0 Å². The Bertz CT molecular complexity index is 422. The molecular weight excluding hydrogens is 258 g/mol. The third kappa shape index (κ3) is 3.85. The van der Waals surface area contributed by atoms with Gasteiger partial charge in [-0.3, -0.25) is 0 Å². The summed E-state index contributed by atoms with van der Waals surface area (Å²) < 4.78 is 50.6. The zero-order valence-corrected chi connectivity index (χ0v) is 10.6. The van der Waals surface area contributed by atoms with E-state index >= 15 is 0 Å². The summed E-state index contributed by atoms with van der Waals surface area (Å²) in [6, 6.07) is 2.60. The molecule has 0 bridgehead atoms. The van der Waals surface area contributed by atoms with E-state index in [0.717, 1.165) is 18.6 Å². The van der Waals surface area contributed by atoms with Crippen LogP contribution in [-0.2, 0) is 6.18 Å². The third-order valence-corrected chi connectivity index (χ3v) is 3.64. The molecule has 1 fully saturated rings. The average molecular weight is 275 g/mol. The fourth-order valence-electron chi connectivity index (χ4n) is 2.54. The summed E-state index contributed by atoms with van der Waals surface area (Å²) >= 11 is 0. The molecule has 1 aromatic carbocycles. The van der Waals surface area contributed by atoms with Crippen molar-refractivity contribution < 1.29 is 17.6 Å². The van der Waals surface area contributed by atoms with Crippen molar-refractivity contribution in [1.82, 2.24) is 0 Å². The zero-order chi connectivity index (χ0) is 13.9. The molecule has 106 valence electrons. The normalized spacial score (nSPS) is 16.8. The van der Waals surface area contributed by atoms with Gasteiger partial charge in [0.05, 0.1) is 11.3 Å². The van der Waals surface area contributed by atoms with E-state index in [-0.39, 0.29) is 5.69 Å². The molecule has 0 heterocycles. The maximum absolute atomic E-state index is 13.5. The van der Waals surface area contributed by atoms with Crippen LogP contribution in [0.25, 0.3) is 0 Å². The number of nitrogens with one attached hydrogen (secondary N) is 1. The Balaban J connectivity index is 1.90. The van der Waals surface area contributed by atoms with Gasteiger partial charge in [0.1, 0.15) is 5.82 Å². The van der Waals surface area contributed by atoms with E-state index in [9.17, 15) is 17.6 Å². The van der Waals surface area contributed by atoms with E-state index in [1.807, 2.05) is 0 Å². The molecule has 5 heteroatoms. The minimum atomic E-state index is -4.50. The molecule has 1 N–H and O–H groups in total. The predicted octanol–water partition coefficient (Wildman–Crippen LogP) is 4.84. The van der Waals surface area contributed by atoms with Gasteiger partial charge in [-0.1, -0.05) is 25.7 Å². The quantitative estimate of drug-likeness (QED) is 0.775. The van der Waals surface area contributed by atoms with Crippen LogP contribution in [-0.4, -0.2) is 6.54 Å². The van der Waals surface area contributed by atoms with Crippen LogP contribution < -0.4 is 5.32 Å². The molecule has 0 saturated heterocycles. The number of benzene rings is 1. The summed E-state index contributed by atoms with van der Waals surface area (Å²) in [7, 11) is 0. The Morgan fingerprint density at radius 1 is 1.16 bits per heavy atom. The van der Waals surface area contributed by atoms with Gasteiger partial charge >= 0.3 is 6.18 Å². The predicted molar refractivity (Wildman–Crippen MR) is 66.5 cm³/mol. The molecule has 0 atom stereocenters. The Hall–Kier alpha value is -1.26. The second-order valence-electron chi connectivity index (χ2n) is 5.06. The molecule has 1 nitrogen and oxygen atoms in total. The Labute approximate surface area is 110 Å². The standard InChI is InChI=1S/C14H17F4N/c15-12-9-11(14(16,17)18)5-6-13(12)19-8-7-10-3-1-2-4-10/h5-6,9-10,19H,1-4,7-8H2. The lowest BCUT2D eigenvalue weighted by atomic mass is 10.0. The molecule has 19 heavy (non-hydrogen) atoms. The fourth-order valence-corrected chi connectivity index (χ4v) is 2.54. The molecule has 1 aliphatic carbocycles. The van der Waals surface area contributed by atoms with Crippen LogP contribution in [0, 0.1) is 11.7 Å². The Morgan fingerprint density at radius 2 is 1.84 bits per heavy atom. The first kappa shape index (κ1) is 14.2. The number of anilines is 1. The van der Waals surface area contributed by atoms with E-state index in [1.165, 1.54) is 25.7 Å². The van der Waals surface area contributed by atoms with Crippen LogP contribution >= 0.6 is 0 Å². The molecule has 0 spiro atoms. The molecule has 1 saturated carbocycles. The molecule has 0 aliphatic heterocycles. The molecular formula is C14H17F4N. The molecule has 1 aromatic rings. The van der Waals surface area contributed by atoms with Crippen molar-refractivity contribution in [3.63, 3.8) is 0 Å². The van der Waals surface area contributed by atoms with Crippen LogP contribution in [0.15, 0.2) is 18.2 Å². The number of rotatable bonds is 4. The van der Waals surface area contributed by atoms with E-state index in [4.69, 9.17) is 0 Å². The van der Waals surface area contributed by atoms with Gasteiger partial charge < -0.3 is 5.32 Å². The molecule has 2 rings (SSSR count). The lowest BCUT2D eigenvalue weighted by molar-refractivity contribution is -0.137. The summed E-state index contributed by atoms with van der Waals surface area (Å²) in [6.45, 7) is 0.604. The topological polar surface area (TPSA) is 12.0 Å². The first-order valence-corrected chi connectivity index (χ1v) is 6.57. The molecule has 1 aliphatic rings. The number of halogens is 4. The van der Waals surface area contributed by atoms with Crippen molar-refractivity contribution in [2.24, 2.45) is 5.92 Å². The summed E-state index contributed by atoms with van der Waals surface area (Å²) in [6.07, 6.45) is 1.36. The summed E-state index contributed by atoms with van der Waals surface area (Å²) in [5, 5.41) is 2.88. The second kappa shape index (κ2) is 5.80. The highest BCUT2D eigenvalue weighted by atomic mass is 19.4. The molecule has 0 amide bonds. The summed E-state index contributed by atoms with van der Waals surface area (Å²) in [5.41, 5.74) is -0.808. The Morgan fingerprint density at radius 3 is 2.42 bits per heavy atom. The van der Waals surface area contributed by atoms with Gasteiger partial charge in [0.2, 0.25) is 0 Å². The van der Waals surface area contributed by atoms with E-state index < -0.39 is 17.6 Å². The lowest BCUT2D eigenvalue weighted by Crippen LogP contribution is -2.10. The highest BCUT2D eigenvalue weighted by Crippen LogP contribution is 2.31. The van der Waals surface area contributed by atoms with Crippen LogP contribution in [0.4, 0.5) is 23.2 Å². The zero-order valence-electron chi connectivity index (χ0n) is 10.6. The highest BCUT2D eigenvalue weighted by Gasteiger charge is 2.31. The first-order chi connectivity index (χ1) is 8.97. The Kier molecular flexibility index (Phi) is 4.32. The minimum absolute atomic E-state index is 0.144. The van der Waals surface area contributed by atoms with Gasteiger partial charge in [-0.05, 0) is 30.5 Å². The van der Waals surface area contributed by atoms with Gasteiger partial charge in [-0.15, -0.1) is 0 Å².